The van der Waals surface area contributed by atoms with Crippen LogP contribution in [0.25, 0.3) is 0 Å². The topological polar surface area (TPSA) is 50.1 Å². The van der Waals surface area contributed by atoms with Gasteiger partial charge in [-0.25, -0.2) is 0 Å². The first-order valence-electron chi connectivity index (χ1n) is 6.04. The van der Waals surface area contributed by atoms with E-state index in [1.54, 1.807) is 6.92 Å². The number of esters is 1. The molecule has 0 heterocycles. The van der Waals surface area contributed by atoms with Gasteiger partial charge in [0.1, 0.15) is 0 Å². The summed E-state index contributed by atoms with van der Waals surface area (Å²) in [4.78, 5) is 11.2. The van der Waals surface area contributed by atoms with E-state index in [1.165, 1.54) is 0 Å². The Bertz CT molecular complexity index is 243. The molecule has 0 bridgehead atoms. The number of nitrogens with zero attached hydrogens (tertiary/aromatic N) is 1. The van der Waals surface area contributed by atoms with Gasteiger partial charge in [0, 0.05) is 0 Å². The van der Waals surface area contributed by atoms with E-state index in [1.807, 2.05) is 0 Å². The highest BCUT2D eigenvalue weighted by Gasteiger charge is 2.17. The zero-order valence-corrected chi connectivity index (χ0v) is 10.8. The van der Waals surface area contributed by atoms with Crippen molar-refractivity contribution in [1.29, 1.82) is 5.26 Å². The molecule has 0 saturated heterocycles. The van der Waals surface area contributed by atoms with Crippen molar-refractivity contribution in [2.45, 2.75) is 47.0 Å². The van der Waals surface area contributed by atoms with Crippen molar-refractivity contribution in [2.75, 3.05) is 6.61 Å². The van der Waals surface area contributed by atoms with Crippen LogP contribution < -0.4 is 0 Å². The molecule has 0 aliphatic rings. The Balaban J connectivity index is 4.01. The summed E-state index contributed by atoms with van der Waals surface area (Å²) in [5.74, 6) is 0.662. The fraction of sp³-hybridized carbons (Fsp3) is 0.846. The first-order chi connectivity index (χ1) is 7.49. The number of nitriles is 1. The Hall–Kier alpha value is -1.04. The van der Waals surface area contributed by atoms with E-state index in [-0.39, 0.29) is 18.3 Å². The largest absolute Gasteiger partial charge is 0.466 e. The van der Waals surface area contributed by atoms with Gasteiger partial charge < -0.3 is 4.74 Å². The normalized spacial score (nSPS) is 14.2. The summed E-state index contributed by atoms with van der Waals surface area (Å²) in [7, 11) is 0. The summed E-state index contributed by atoms with van der Waals surface area (Å²) in [6.45, 7) is 8.64. The minimum atomic E-state index is -0.259. The predicted octanol–water partition coefficient (Wildman–Crippen LogP) is 3.15. The zero-order chi connectivity index (χ0) is 12.6. The first-order valence-corrected chi connectivity index (χ1v) is 6.04. The monoisotopic (exact) mass is 225 g/mol. The molecule has 0 aliphatic heterocycles. The van der Waals surface area contributed by atoms with E-state index in [9.17, 15) is 4.79 Å². The van der Waals surface area contributed by atoms with Crippen molar-refractivity contribution in [3.63, 3.8) is 0 Å². The molecule has 1 unspecified atom stereocenters. The average Bonchev–Trinajstić information content (AvgIpc) is 2.15. The second-order valence-electron chi connectivity index (χ2n) is 4.81. The molecule has 3 heteroatoms. The summed E-state index contributed by atoms with van der Waals surface area (Å²) < 4.78 is 4.85. The van der Waals surface area contributed by atoms with Gasteiger partial charge in [0.25, 0.3) is 0 Å². The lowest BCUT2D eigenvalue weighted by Crippen LogP contribution is -2.13. The zero-order valence-electron chi connectivity index (χ0n) is 10.8. The lowest BCUT2D eigenvalue weighted by Gasteiger charge is -2.16. The molecule has 0 radical (unpaired) electrons. The van der Waals surface area contributed by atoms with Gasteiger partial charge in [-0.1, -0.05) is 20.8 Å². The van der Waals surface area contributed by atoms with Crippen molar-refractivity contribution in [3.05, 3.63) is 0 Å². The second-order valence-corrected chi connectivity index (χ2v) is 4.81. The third-order valence-corrected chi connectivity index (χ3v) is 2.46. The van der Waals surface area contributed by atoms with Gasteiger partial charge >= 0.3 is 5.97 Å². The Morgan fingerprint density at radius 3 is 2.38 bits per heavy atom. The maximum absolute atomic E-state index is 11.2. The lowest BCUT2D eigenvalue weighted by molar-refractivity contribution is -0.143. The van der Waals surface area contributed by atoms with Gasteiger partial charge in [-0.3, -0.25) is 4.79 Å². The average molecular weight is 225 g/mol. The number of ether oxygens (including phenoxy) is 1. The molecule has 0 saturated carbocycles. The van der Waals surface area contributed by atoms with Crippen LogP contribution in [0.3, 0.4) is 0 Å². The summed E-state index contributed by atoms with van der Waals surface area (Å²) in [5.41, 5.74) is 0. The van der Waals surface area contributed by atoms with Crippen LogP contribution in [0, 0.1) is 29.1 Å². The number of carbonyl (C=O) groups excluding carboxylic acids is 1. The van der Waals surface area contributed by atoms with Crippen LogP contribution in [0.1, 0.15) is 47.0 Å². The Morgan fingerprint density at radius 2 is 1.94 bits per heavy atom. The molecule has 0 fully saturated rings. The molecule has 3 nitrogen and oxygen atoms in total. The van der Waals surface area contributed by atoms with Crippen molar-refractivity contribution < 1.29 is 9.53 Å². The van der Waals surface area contributed by atoms with E-state index in [0.29, 0.717) is 18.4 Å². The van der Waals surface area contributed by atoms with Gasteiger partial charge in [-0.2, -0.15) is 5.26 Å². The van der Waals surface area contributed by atoms with Crippen LogP contribution in [-0.4, -0.2) is 12.6 Å². The van der Waals surface area contributed by atoms with E-state index < -0.39 is 0 Å². The van der Waals surface area contributed by atoms with E-state index >= 15 is 0 Å². The molecule has 0 rings (SSSR count). The molecule has 0 aromatic rings. The SMILES string of the molecule is CCOC(=O)CC(C#N)C[C@H](C)CC(C)C. The second kappa shape index (κ2) is 8.15. The molecule has 2 atom stereocenters. The first kappa shape index (κ1) is 15.0. The fourth-order valence-corrected chi connectivity index (χ4v) is 1.99. The number of hydrogen-bond donors (Lipinski definition) is 0. The molecule has 0 amide bonds. The maximum atomic E-state index is 11.2. The number of carbonyl (C=O) groups is 1. The lowest BCUT2D eigenvalue weighted by atomic mass is 9.88. The maximum Gasteiger partial charge on any atom is 0.307 e. The molecular formula is C13H23NO2. The van der Waals surface area contributed by atoms with E-state index in [2.05, 4.69) is 26.8 Å². The smallest absolute Gasteiger partial charge is 0.307 e. The summed E-state index contributed by atoms with van der Waals surface area (Å²) in [6.07, 6.45) is 2.11. The van der Waals surface area contributed by atoms with Crippen LogP contribution in [0.4, 0.5) is 0 Å². The molecule has 0 aromatic carbocycles. The van der Waals surface area contributed by atoms with Gasteiger partial charge in [0.05, 0.1) is 25.0 Å². The van der Waals surface area contributed by atoms with Gasteiger partial charge in [-0.05, 0) is 31.6 Å². The highest BCUT2D eigenvalue weighted by molar-refractivity contribution is 5.70. The molecule has 92 valence electrons. The van der Waals surface area contributed by atoms with Crippen LogP contribution in [0.15, 0.2) is 0 Å². The highest BCUT2D eigenvalue weighted by Crippen LogP contribution is 2.21. The Labute approximate surface area is 98.8 Å². The van der Waals surface area contributed by atoms with Gasteiger partial charge in [0.2, 0.25) is 0 Å². The number of rotatable bonds is 7. The van der Waals surface area contributed by atoms with Crippen LogP contribution in [-0.2, 0) is 9.53 Å². The Kier molecular flexibility index (Phi) is 7.62. The highest BCUT2D eigenvalue weighted by atomic mass is 16.5. The van der Waals surface area contributed by atoms with Crippen molar-refractivity contribution >= 4 is 5.97 Å². The van der Waals surface area contributed by atoms with E-state index in [0.717, 1.165) is 12.8 Å². The molecule has 0 spiro atoms. The third kappa shape index (κ3) is 7.28. The Morgan fingerprint density at radius 1 is 1.31 bits per heavy atom. The molecule has 16 heavy (non-hydrogen) atoms. The van der Waals surface area contributed by atoms with Gasteiger partial charge in [0.15, 0.2) is 0 Å². The summed E-state index contributed by atoms with van der Waals surface area (Å²) in [5, 5.41) is 8.97. The minimum absolute atomic E-state index is 0.201. The van der Waals surface area contributed by atoms with Crippen molar-refractivity contribution in [3.8, 4) is 6.07 Å². The fourth-order valence-electron chi connectivity index (χ4n) is 1.99. The summed E-state index contributed by atoms with van der Waals surface area (Å²) >= 11 is 0. The quantitative estimate of drug-likeness (QED) is 0.625. The number of hydrogen-bond acceptors (Lipinski definition) is 3. The molecule has 0 aromatic heterocycles. The van der Waals surface area contributed by atoms with Crippen LogP contribution >= 0.6 is 0 Å². The molecule has 0 aliphatic carbocycles. The van der Waals surface area contributed by atoms with Crippen LogP contribution in [0.5, 0.6) is 0 Å². The van der Waals surface area contributed by atoms with Gasteiger partial charge in [-0.15, -0.1) is 0 Å². The van der Waals surface area contributed by atoms with Crippen molar-refractivity contribution in [1.82, 2.24) is 0 Å². The van der Waals surface area contributed by atoms with Crippen LogP contribution in [0.2, 0.25) is 0 Å². The standard InChI is InChI=1S/C13H23NO2/c1-5-16-13(15)8-12(9-14)7-11(4)6-10(2)3/h10-12H,5-8H2,1-4H3/t11-,12?/m1/s1. The van der Waals surface area contributed by atoms with Crippen molar-refractivity contribution in [2.24, 2.45) is 17.8 Å². The van der Waals surface area contributed by atoms with E-state index in [4.69, 9.17) is 10.00 Å². The summed E-state index contributed by atoms with van der Waals surface area (Å²) in [6, 6.07) is 2.19. The predicted molar refractivity (Wildman–Crippen MR) is 63.6 cm³/mol. The molecule has 0 N–H and O–H groups in total. The third-order valence-electron chi connectivity index (χ3n) is 2.46. The minimum Gasteiger partial charge on any atom is -0.466 e. The molecular weight excluding hydrogens is 202 g/mol.